The fraction of sp³-hybridized carbons (Fsp3) is 0.692. The van der Waals surface area contributed by atoms with Crippen molar-refractivity contribution >= 4 is 28.2 Å². The summed E-state index contributed by atoms with van der Waals surface area (Å²) in [5.41, 5.74) is 5.49. The van der Waals surface area contributed by atoms with Gasteiger partial charge >= 0.3 is 0 Å². The molecule has 0 atom stereocenters. The topological polar surface area (TPSA) is 101 Å². The van der Waals surface area contributed by atoms with E-state index in [0.29, 0.717) is 24.6 Å². The Kier molecular flexibility index (Phi) is 5.02. The number of carbonyl (C=O) groups excluding carboxylic acids is 1. The average molecular weight is 314 g/mol. The molecule has 0 radical (unpaired) electrons. The number of aliphatic hydroxyl groups is 1. The average Bonchev–Trinajstić information content (AvgIpc) is 2.88. The Bertz CT molecular complexity index is 498. The van der Waals surface area contributed by atoms with Crippen molar-refractivity contribution in [3.05, 3.63) is 4.88 Å². The van der Waals surface area contributed by atoms with Crippen molar-refractivity contribution in [3.8, 4) is 0 Å². The molecule has 0 aliphatic carbocycles. The fourth-order valence-corrected chi connectivity index (χ4v) is 2.78. The molecule has 0 bridgehead atoms. The van der Waals surface area contributed by atoms with Crippen LogP contribution in [0.15, 0.2) is 0 Å². The SMILES string of the molecule is CC(C)(CO)CNC(=O)c1sc(N2CCOCC2)nc1N. The first-order chi connectivity index (χ1) is 9.93. The summed E-state index contributed by atoms with van der Waals surface area (Å²) in [7, 11) is 0. The Balaban J connectivity index is 2.02. The van der Waals surface area contributed by atoms with E-state index in [-0.39, 0.29) is 23.7 Å². The smallest absolute Gasteiger partial charge is 0.265 e. The molecular formula is C13H22N4O3S. The van der Waals surface area contributed by atoms with E-state index in [1.807, 2.05) is 13.8 Å². The summed E-state index contributed by atoms with van der Waals surface area (Å²) in [6.07, 6.45) is 0. The molecule has 8 heteroatoms. The van der Waals surface area contributed by atoms with E-state index in [0.717, 1.165) is 18.2 Å². The molecule has 1 aromatic heterocycles. The molecule has 4 N–H and O–H groups in total. The molecule has 1 aliphatic heterocycles. The van der Waals surface area contributed by atoms with Crippen LogP contribution in [0.2, 0.25) is 0 Å². The number of hydrogen-bond acceptors (Lipinski definition) is 7. The molecule has 1 amide bonds. The van der Waals surface area contributed by atoms with Crippen LogP contribution in [0.4, 0.5) is 10.9 Å². The Morgan fingerprint density at radius 3 is 2.81 bits per heavy atom. The summed E-state index contributed by atoms with van der Waals surface area (Å²) in [6.45, 7) is 6.97. The zero-order chi connectivity index (χ0) is 15.5. The standard InChI is InChI=1S/C13H22N4O3S/c1-13(2,8-18)7-15-11(19)9-10(14)16-12(21-9)17-3-5-20-6-4-17/h18H,3-8,14H2,1-2H3,(H,15,19). The zero-order valence-electron chi connectivity index (χ0n) is 12.4. The molecule has 1 fully saturated rings. The van der Waals surface area contributed by atoms with Gasteiger partial charge < -0.3 is 25.8 Å². The summed E-state index contributed by atoms with van der Waals surface area (Å²) in [6, 6.07) is 0. The second kappa shape index (κ2) is 6.59. The minimum Gasteiger partial charge on any atom is -0.396 e. The van der Waals surface area contributed by atoms with E-state index in [1.54, 1.807) is 0 Å². The molecule has 1 aliphatic rings. The monoisotopic (exact) mass is 314 g/mol. The number of carbonyl (C=O) groups is 1. The van der Waals surface area contributed by atoms with E-state index in [2.05, 4.69) is 15.2 Å². The first-order valence-corrected chi connectivity index (χ1v) is 7.73. The lowest BCUT2D eigenvalue weighted by atomic mass is 9.95. The molecular weight excluding hydrogens is 292 g/mol. The van der Waals surface area contributed by atoms with Crippen molar-refractivity contribution in [2.75, 3.05) is 50.1 Å². The number of ether oxygens (including phenoxy) is 1. The Morgan fingerprint density at radius 1 is 1.52 bits per heavy atom. The van der Waals surface area contributed by atoms with Gasteiger partial charge in [0.1, 0.15) is 10.7 Å². The molecule has 2 heterocycles. The van der Waals surface area contributed by atoms with Crippen LogP contribution in [-0.2, 0) is 4.74 Å². The van der Waals surface area contributed by atoms with Gasteiger partial charge in [-0.2, -0.15) is 0 Å². The number of morpholine rings is 1. The number of thiazole rings is 1. The van der Waals surface area contributed by atoms with Crippen LogP contribution in [-0.4, -0.2) is 55.5 Å². The van der Waals surface area contributed by atoms with E-state index < -0.39 is 0 Å². The summed E-state index contributed by atoms with van der Waals surface area (Å²) >= 11 is 1.29. The first kappa shape index (κ1) is 16.0. The first-order valence-electron chi connectivity index (χ1n) is 6.91. The predicted molar refractivity (Wildman–Crippen MR) is 82.8 cm³/mol. The maximum atomic E-state index is 12.2. The van der Waals surface area contributed by atoms with Crippen LogP contribution in [0, 0.1) is 5.41 Å². The lowest BCUT2D eigenvalue weighted by molar-refractivity contribution is 0.0915. The number of hydrogen-bond donors (Lipinski definition) is 3. The van der Waals surface area contributed by atoms with Crippen molar-refractivity contribution < 1.29 is 14.6 Å². The van der Waals surface area contributed by atoms with E-state index in [4.69, 9.17) is 10.5 Å². The van der Waals surface area contributed by atoms with Crippen molar-refractivity contribution in [2.45, 2.75) is 13.8 Å². The molecule has 0 spiro atoms. The highest BCUT2D eigenvalue weighted by Crippen LogP contribution is 2.28. The highest BCUT2D eigenvalue weighted by molar-refractivity contribution is 7.18. The number of nitrogen functional groups attached to an aromatic ring is 1. The third-order valence-electron chi connectivity index (χ3n) is 3.29. The molecule has 1 saturated heterocycles. The molecule has 0 unspecified atom stereocenters. The molecule has 7 nitrogen and oxygen atoms in total. The highest BCUT2D eigenvalue weighted by Gasteiger charge is 2.23. The Labute approximate surface area is 128 Å². The molecule has 1 aromatic rings. The second-order valence-electron chi connectivity index (χ2n) is 5.82. The van der Waals surface area contributed by atoms with Crippen LogP contribution in [0.25, 0.3) is 0 Å². The molecule has 21 heavy (non-hydrogen) atoms. The van der Waals surface area contributed by atoms with Gasteiger partial charge in [-0.05, 0) is 0 Å². The van der Waals surface area contributed by atoms with Gasteiger partial charge in [-0.1, -0.05) is 25.2 Å². The molecule has 118 valence electrons. The van der Waals surface area contributed by atoms with Gasteiger partial charge in [0, 0.05) is 31.7 Å². The number of rotatable bonds is 5. The Hall–Kier alpha value is -1.38. The van der Waals surface area contributed by atoms with Crippen LogP contribution >= 0.6 is 11.3 Å². The quantitative estimate of drug-likeness (QED) is 0.723. The zero-order valence-corrected chi connectivity index (χ0v) is 13.2. The number of anilines is 2. The van der Waals surface area contributed by atoms with Crippen LogP contribution in [0.1, 0.15) is 23.5 Å². The summed E-state index contributed by atoms with van der Waals surface area (Å²) in [5, 5.41) is 12.7. The maximum absolute atomic E-state index is 12.2. The number of aliphatic hydroxyl groups excluding tert-OH is 1. The molecule has 0 aromatic carbocycles. The fourth-order valence-electron chi connectivity index (χ4n) is 1.83. The lowest BCUT2D eigenvalue weighted by Gasteiger charge is -2.25. The number of nitrogens with one attached hydrogen (secondary N) is 1. The van der Waals surface area contributed by atoms with Crippen molar-refractivity contribution in [2.24, 2.45) is 5.41 Å². The van der Waals surface area contributed by atoms with Crippen molar-refractivity contribution in [1.29, 1.82) is 0 Å². The van der Waals surface area contributed by atoms with Gasteiger partial charge in [0.2, 0.25) is 0 Å². The van der Waals surface area contributed by atoms with Crippen molar-refractivity contribution in [3.63, 3.8) is 0 Å². The minimum atomic E-state index is -0.359. The number of amides is 1. The normalized spacial score (nSPS) is 16.0. The van der Waals surface area contributed by atoms with Crippen LogP contribution < -0.4 is 16.0 Å². The third kappa shape index (κ3) is 4.05. The summed E-state index contributed by atoms with van der Waals surface area (Å²) in [5.74, 6) is 0.00632. The van der Waals surface area contributed by atoms with E-state index in [9.17, 15) is 9.90 Å². The van der Waals surface area contributed by atoms with E-state index >= 15 is 0 Å². The van der Waals surface area contributed by atoms with Crippen LogP contribution in [0.3, 0.4) is 0 Å². The van der Waals surface area contributed by atoms with E-state index in [1.165, 1.54) is 11.3 Å². The molecule has 0 saturated carbocycles. The van der Waals surface area contributed by atoms with Gasteiger partial charge in [-0.25, -0.2) is 4.98 Å². The predicted octanol–water partition coefficient (Wildman–Crippen LogP) is 0.310. The lowest BCUT2D eigenvalue weighted by Crippen LogP contribution is -2.36. The van der Waals surface area contributed by atoms with Gasteiger partial charge in [0.15, 0.2) is 5.13 Å². The Morgan fingerprint density at radius 2 is 2.19 bits per heavy atom. The van der Waals surface area contributed by atoms with Gasteiger partial charge in [-0.15, -0.1) is 0 Å². The molecule has 2 rings (SSSR count). The number of nitrogens with zero attached hydrogens (tertiary/aromatic N) is 2. The number of nitrogens with two attached hydrogens (primary N) is 1. The second-order valence-corrected chi connectivity index (χ2v) is 6.79. The maximum Gasteiger partial charge on any atom is 0.265 e. The van der Waals surface area contributed by atoms with Crippen LogP contribution in [0.5, 0.6) is 0 Å². The van der Waals surface area contributed by atoms with Gasteiger partial charge in [0.05, 0.1) is 13.2 Å². The van der Waals surface area contributed by atoms with Crippen molar-refractivity contribution in [1.82, 2.24) is 10.3 Å². The largest absolute Gasteiger partial charge is 0.396 e. The van der Waals surface area contributed by atoms with Gasteiger partial charge in [-0.3, -0.25) is 4.79 Å². The highest BCUT2D eigenvalue weighted by atomic mass is 32.1. The van der Waals surface area contributed by atoms with Gasteiger partial charge in [0.25, 0.3) is 5.91 Å². The third-order valence-corrected chi connectivity index (χ3v) is 4.42. The minimum absolute atomic E-state index is 0.00444. The summed E-state index contributed by atoms with van der Waals surface area (Å²) < 4.78 is 5.30. The summed E-state index contributed by atoms with van der Waals surface area (Å²) in [4.78, 5) is 18.9. The number of aromatic nitrogens is 1.